The molecule has 0 amide bonds. The molecule has 1 aliphatic carbocycles. The zero-order valence-electron chi connectivity index (χ0n) is 25.9. The minimum atomic E-state index is -4.14. The lowest BCUT2D eigenvalue weighted by Crippen LogP contribution is -2.42. The third-order valence-electron chi connectivity index (χ3n) is 6.62. The lowest BCUT2D eigenvalue weighted by Gasteiger charge is -2.35. The van der Waals surface area contributed by atoms with Crippen molar-refractivity contribution in [3.05, 3.63) is 59.0 Å². The molecule has 7 nitrogen and oxygen atoms in total. The van der Waals surface area contributed by atoms with E-state index in [0.717, 1.165) is 31.6 Å². The van der Waals surface area contributed by atoms with Crippen molar-refractivity contribution in [2.45, 2.75) is 97.0 Å². The van der Waals surface area contributed by atoms with Gasteiger partial charge in [0, 0.05) is 28.8 Å². The Balaban J connectivity index is 0.000000719. The van der Waals surface area contributed by atoms with Crippen LogP contribution in [0.3, 0.4) is 0 Å². The van der Waals surface area contributed by atoms with Gasteiger partial charge in [-0.1, -0.05) is 32.4 Å². The average molecular weight is 607 g/mol. The maximum atomic E-state index is 14.1. The molecule has 43 heavy (non-hydrogen) atoms. The highest BCUT2D eigenvalue weighted by Crippen LogP contribution is 2.42. The van der Waals surface area contributed by atoms with E-state index in [4.69, 9.17) is 21.5 Å². The summed E-state index contributed by atoms with van der Waals surface area (Å²) in [7, 11) is 0. The van der Waals surface area contributed by atoms with Crippen LogP contribution in [-0.4, -0.2) is 53.1 Å². The number of aromatic nitrogens is 1. The van der Waals surface area contributed by atoms with Crippen molar-refractivity contribution in [1.29, 1.82) is 5.26 Å². The van der Waals surface area contributed by atoms with Crippen LogP contribution in [0.15, 0.2) is 41.4 Å². The second kappa shape index (κ2) is 16.6. The fourth-order valence-electron chi connectivity index (χ4n) is 4.48. The van der Waals surface area contributed by atoms with Gasteiger partial charge in [-0.2, -0.15) is 18.4 Å². The molecule has 1 aromatic heterocycles. The number of hydrogen-bond acceptors (Lipinski definition) is 6. The molecule has 1 saturated carbocycles. The van der Waals surface area contributed by atoms with Gasteiger partial charge < -0.3 is 16.2 Å². The molecule has 1 saturated heterocycles. The molecular weight excluding hydrogens is 560 g/mol. The first-order valence-corrected chi connectivity index (χ1v) is 14.8. The number of aliphatic imine (C=N–C) groups is 1. The number of piperidine rings is 1. The molecule has 4 rings (SSSR count). The zero-order valence-corrected chi connectivity index (χ0v) is 25.9. The lowest BCUT2D eigenvalue weighted by atomic mass is 9.80. The van der Waals surface area contributed by atoms with Crippen molar-refractivity contribution in [3.63, 3.8) is 0 Å². The lowest BCUT2D eigenvalue weighted by molar-refractivity contribution is -0.196. The smallest absolute Gasteiger partial charge is 0.391 e. The summed E-state index contributed by atoms with van der Waals surface area (Å²) >= 11 is 0. The Hall–Kier alpha value is -3.23. The van der Waals surface area contributed by atoms with E-state index in [1.165, 1.54) is 18.6 Å². The Morgan fingerprint density at radius 1 is 1.12 bits per heavy atom. The Morgan fingerprint density at radius 3 is 2.26 bits per heavy atom. The number of hydrogen-bond donors (Lipinski definition) is 2. The SMILES string of the molecule is CC(C)(C)N.CCC.N#Cc1ccc(COc2cccc(C3CCN(CC(N)=NC4CC(C(F)(F)F)C4)CC3)n2)c(F)c1. The summed E-state index contributed by atoms with van der Waals surface area (Å²) in [5.41, 5.74) is 12.9. The molecule has 2 fully saturated rings. The number of rotatable bonds is 7. The number of alkyl halides is 3. The Morgan fingerprint density at radius 2 is 1.72 bits per heavy atom. The van der Waals surface area contributed by atoms with Crippen molar-refractivity contribution in [2.24, 2.45) is 22.4 Å². The first-order chi connectivity index (χ1) is 20.1. The predicted octanol–water partition coefficient (Wildman–Crippen LogP) is 6.71. The molecule has 0 spiro atoms. The van der Waals surface area contributed by atoms with Gasteiger partial charge in [0.15, 0.2) is 0 Å². The Labute approximate surface area is 253 Å². The predicted molar refractivity (Wildman–Crippen MR) is 162 cm³/mol. The molecule has 2 aromatic rings. The highest BCUT2D eigenvalue weighted by Gasteiger charge is 2.47. The normalized spacial score (nSPS) is 19.6. The van der Waals surface area contributed by atoms with Crippen LogP contribution in [0.5, 0.6) is 5.88 Å². The van der Waals surface area contributed by atoms with Crippen LogP contribution in [0.4, 0.5) is 17.6 Å². The van der Waals surface area contributed by atoms with E-state index in [1.807, 2.05) is 39.0 Å². The summed E-state index contributed by atoms with van der Waals surface area (Å²) in [6.07, 6.45) is -1.14. The van der Waals surface area contributed by atoms with Crippen LogP contribution >= 0.6 is 0 Å². The molecule has 4 N–H and O–H groups in total. The van der Waals surface area contributed by atoms with Crippen molar-refractivity contribution < 1.29 is 22.3 Å². The molecule has 238 valence electrons. The van der Waals surface area contributed by atoms with E-state index < -0.39 is 17.9 Å². The first kappa shape index (κ1) is 36.0. The van der Waals surface area contributed by atoms with Crippen molar-refractivity contribution in [3.8, 4) is 11.9 Å². The van der Waals surface area contributed by atoms with Gasteiger partial charge >= 0.3 is 6.18 Å². The van der Waals surface area contributed by atoms with Crippen molar-refractivity contribution in [1.82, 2.24) is 9.88 Å². The van der Waals surface area contributed by atoms with Gasteiger partial charge in [0.25, 0.3) is 0 Å². The molecule has 2 heterocycles. The van der Waals surface area contributed by atoms with E-state index in [9.17, 15) is 17.6 Å². The summed E-state index contributed by atoms with van der Waals surface area (Å²) in [5, 5.41) is 8.85. The minimum Gasteiger partial charge on any atom is -0.473 e. The summed E-state index contributed by atoms with van der Waals surface area (Å²) in [6.45, 7) is 12.2. The first-order valence-electron chi connectivity index (χ1n) is 14.8. The molecule has 0 radical (unpaired) electrons. The fourth-order valence-corrected chi connectivity index (χ4v) is 4.48. The quantitative estimate of drug-likeness (QED) is 0.206. The maximum absolute atomic E-state index is 14.1. The molecule has 2 aliphatic rings. The standard InChI is InChI=1S/C25H27F4N5O.C4H11N.C3H8/c26-21-10-16(13-30)4-5-18(21)15-35-24-3-1-2-22(33-24)17-6-8-34(9-7-17)14-23(31)32-20-11-19(12-20)25(27,28)29;1-4(2,3)5;1-3-2/h1-5,10,17,19-20H,6-9,11-12,14-15H2,(H2,31,32);5H2,1-3H3;3H2,1-2H3. The molecule has 0 atom stereocenters. The number of benzene rings is 1. The number of halogens is 4. The maximum Gasteiger partial charge on any atom is 0.391 e. The summed E-state index contributed by atoms with van der Waals surface area (Å²) in [6, 6.07) is 11.3. The topological polar surface area (TPSA) is 114 Å². The average Bonchev–Trinajstić information content (AvgIpc) is 2.89. The van der Waals surface area contributed by atoms with E-state index in [2.05, 4.69) is 28.7 Å². The molecule has 0 bridgehead atoms. The number of nitriles is 1. The van der Waals surface area contributed by atoms with E-state index in [0.29, 0.717) is 23.8 Å². The van der Waals surface area contributed by atoms with Gasteiger partial charge in [-0.15, -0.1) is 0 Å². The van der Waals surface area contributed by atoms with Crippen LogP contribution < -0.4 is 16.2 Å². The van der Waals surface area contributed by atoms with Crippen molar-refractivity contribution >= 4 is 5.84 Å². The van der Waals surface area contributed by atoms with Gasteiger partial charge in [-0.3, -0.25) is 9.89 Å². The number of likely N-dealkylation sites (tertiary alicyclic amines) is 1. The van der Waals surface area contributed by atoms with Crippen LogP contribution in [0.2, 0.25) is 0 Å². The third-order valence-corrected chi connectivity index (χ3v) is 6.62. The van der Waals surface area contributed by atoms with E-state index in [-0.39, 0.29) is 42.5 Å². The van der Waals surface area contributed by atoms with Gasteiger partial charge in [0.05, 0.1) is 30.1 Å². The van der Waals surface area contributed by atoms with E-state index >= 15 is 0 Å². The summed E-state index contributed by atoms with van der Waals surface area (Å²) in [5.74, 6) is -0.720. The second-order valence-corrected chi connectivity index (χ2v) is 12.2. The van der Waals surface area contributed by atoms with Gasteiger partial charge in [-0.25, -0.2) is 9.37 Å². The van der Waals surface area contributed by atoms with Gasteiger partial charge in [-0.05, 0) is 77.7 Å². The number of nitrogens with two attached hydrogens (primary N) is 2. The number of amidine groups is 1. The molecule has 0 unspecified atom stereocenters. The third kappa shape index (κ3) is 13.3. The number of pyridine rings is 1. The molecule has 1 aromatic carbocycles. The van der Waals surface area contributed by atoms with Crippen LogP contribution in [0.1, 0.15) is 89.5 Å². The fraction of sp³-hybridized carbons (Fsp3) is 0.594. The highest BCUT2D eigenvalue weighted by molar-refractivity contribution is 5.82. The number of nitrogens with zero attached hydrogens (tertiary/aromatic N) is 4. The summed E-state index contributed by atoms with van der Waals surface area (Å²) < 4.78 is 57.6. The van der Waals surface area contributed by atoms with Crippen LogP contribution in [0.25, 0.3) is 0 Å². The number of ether oxygens (including phenoxy) is 1. The largest absolute Gasteiger partial charge is 0.473 e. The van der Waals surface area contributed by atoms with Crippen molar-refractivity contribution in [2.75, 3.05) is 19.6 Å². The van der Waals surface area contributed by atoms with Crippen LogP contribution in [-0.2, 0) is 6.61 Å². The van der Waals surface area contributed by atoms with Gasteiger partial charge in [0.1, 0.15) is 18.3 Å². The molecule has 11 heteroatoms. The summed E-state index contributed by atoms with van der Waals surface area (Å²) in [4.78, 5) is 11.0. The molecule has 1 aliphatic heterocycles. The monoisotopic (exact) mass is 606 g/mol. The van der Waals surface area contributed by atoms with Crippen LogP contribution in [0, 0.1) is 23.1 Å². The minimum absolute atomic E-state index is 0. The zero-order chi connectivity index (χ0) is 32.2. The Kier molecular flexibility index (Phi) is 13.9. The highest BCUT2D eigenvalue weighted by atomic mass is 19.4. The van der Waals surface area contributed by atoms with E-state index in [1.54, 1.807) is 12.1 Å². The molecular formula is C32H46F4N6O. The van der Waals surface area contributed by atoms with Gasteiger partial charge in [0.2, 0.25) is 5.88 Å². The second-order valence-electron chi connectivity index (χ2n) is 12.2. The Bertz CT molecular complexity index is 1200.